The SMILES string of the molecule is O=C(O[C@H]1CCCCC1=O)c1cccc(S(=O)(=O)NCc2ccccc2)c1. The first-order chi connectivity index (χ1) is 13.0. The van der Waals surface area contributed by atoms with Crippen molar-refractivity contribution in [2.24, 2.45) is 0 Å². The van der Waals surface area contributed by atoms with Crippen molar-refractivity contribution in [1.82, 2.24) is 4.72 Å². The number of nitrogens with one attached hydrogen (secondary N) is 1. The number of carbonyl (C=O) groups is 2. The van der Waals surface area contributed by atoms with Crippen molar-refractivity contribution in [1.29, 1.82) is 0 Å². The van der Waals surface area contributed by atoms with Gasteiger partial charge in [-0.1, -0.05) is 36.4 Å². The molecule has 6 nitrogen and oxygen atoms in total. The van der Waals surface area contributed by atoms with E-state index in [9.17, 15) is 18.0 Å². The molecule has 1 N–H and O–H groups in total. The molecule has 0 aliphatic heterocycles. The molecule has 7 heteroatoms. The van der Waals surface area contributed by atoms with E-state index >= 15 is 0 Å². The van der Waals surface area contributed by atoms with Gasteiger partial charge >= 0.3 is 5.97 Å². The van der Waals surface area contributed by atoms with Crippen LogP contribution in [0.4, 0.5) is 0 Å². The highest BCUT2D eigenvalue weighted by atomic mass is 32.2. The van der Waals surface area contributed by atoms with Crippen LogP contribution in [0.5, 0.6) is 0 Å². The summed E-state index contributed by atoms with van der Waals surface area (Å²) in [7, 11) is -3.78. The zero-order valence-corrected chi connectivity index (χ0v) is 15.6. The van der Waals surface area contributed by atoms with Gasteiger partial charge in [-0.25, -0.2) is 17.9 Å². The van der Waals surface area contributed by atoms with E-state index in [1.807, 2.05) is 30.3 Å². The first-order valence-electron chi connectivity index (χ1n) is 8.83. The molecular formula is C20H21NO5S. The highest BCUT2D eigenvalue weighted by Crippen LogP contribution is 2.20. The summed E-state index contributed by atoms with van der Waals surface area (Å²) in [6.45, 7) is 0.147. The predicted octanol–water partition coefficient (Wildman–Crippen LogP) is 2.83. The normalized spacial score (nSPS) is 17.5. The molecule has 1 atom stereocenters. The Bertz CT molecular complexity index is 924. The number of carbonyl (C=O) groups excluding carboxylic acids is 2. The van der Waals surface area contributed by atoms with Crippen molar-refractivity contribution in [3.63, 3.8) is 0 Å². The Morgan fingerprint density at radius 2 is 1.85 bits per heavy atom. The molecule has 0 amide bonds. The number of Topliss-reactive ketones (excluding diaryl/α,β-unsaturated/α-hetero) is 1. The molecule has 142 valence electrons. The molecule has 27 heavy (non-hydrogen) atoms. The third kappa shape index (κ3) is 5.02. The van der Waals surface area contributed by atoms with Gasteiger partial charge in [-0.2, -0.15) is 0 Å². The van der Waals surface area contributed by atoms with Crippen LogP contribution in [0, 0.1) is 0 Å². The van der Waals surface area contributed by atoms with Gasteiger partial charge in [0.1, 0.15) is 0 Å². The first kappa shape index (κ1) is 19.3. The minimum absolute atomic E-state index is 0.0251. The van der Waals surface area contributed by atoms with Gasteiger partial charge in [0.25, 0.3) is 0 Å². The van der Waals surface area contributed by atoms with Crippen LogP contribution in [0.2, 0.25) is 0 Å². The zero-order valence-electron chi connectivity index (χ0n) is 14.8. The lowest BCUT2D eigenvalue weighted by Crippen LogP contribution is -2.30. The fourth-order valence-corrected chi connectivity index (χ4v) is 3.98. The lowest BCUT2D eigenvalue weighted by Gasteiger charge is -2.20. The van der Waals surface area contributed by atoms with Gasteiger partial charge in [-0.3, -0.25) is 4.79 Å². The van der Waals surface area contributed by atoms with E-state index in [1.165, 1.54) is 24.3 Å². The number of esters is 1. The fourth-order valence-electron chi connectivity index (χ4n) is 2.92. The largest absolute Gasteiger partial charge is 0.451 e. The monoisotopic (exact) mass is 387 g/mol. The van der Waals surface area contributed by atoms with Crippen molar-refractivity contribution in [3.05, 3.63) is 65.7 Å². The topological polar surface area (TPSA) is 89.5 Å². The van der Waals surface area contributed by atoms with Gasteiger partial charge in [0, 0.05) is 13.0 Å². The van der Waals surface area contributed by atoms with Crippen LogP contribution in [0.15, 0.2) is 59.5 Å². The molecule has 0 aromatic heterocycles. The van der Waals surface area contributed by atoms with E-state index in [0.717, 1.165) is 18.4 Å². The minimum Gasteiger partial charge on any atom is -0.451 e. The van der Waals surface area contributed by atoms with Crippen LogP contribution < -0.4 is 4.72 Å². The summed E-state index contributed by atoms with van der Waals surface area (Å²) >= 11 is 0. The van der Waals surface area contributed by atoms with Crippen molar-refractivity contribution in [3.8, 4) is 0 Å². The molecular weight excluding hydrogens is 366 g/mol. The first-order valence-corrected chi connectivity index (χ1v) is 10.3. The maximum atomic E-state index is 12.5. The van der Waals surface area contributed by atoms with Crippen LogP contribution in [0.25, 0.3) is 0 Å². The van der Waals surface area contributed by atoms with Crippen molar-refractivity contribution in [2.75, 3.05) is 0 Å². The van der Waals surface area contributed by atoms with Gasteiger partial charge in [0.2, 0.25) is 10.0 Å². The van der Waals surface area contributed by atoms with E-state index in [1.54, 1.807) is 0 Å². The Labute approximate surface area is 158 Å². The van der Waals surface area contributed by atoms with Crippen LogP contribution in [-0.4, -0.2) is 26.3 Å². The van der Waals surface area contributed by atoms with Crippen LogP contribution in [0.3, 0.4) is 0 Å². The summed E-state index contributed by atoms with van der Waals surface area (Å²) in [5.41, 5.74) is 0.934. The number of rotatable bonds is 6. The van der Waals surface area contributed by atoms with Gasteiger partial charge in [-0.05, 0) is 43.0 Å². The number of hydrogen-bond donors (Lipinski definition) is 1. The Kier molecular flexibility index (Phi) is 6.03. The summed E-state index contributed by atoms with van der Waals surface area (Å²) < 4.78 is 32.8. The third-order valence-corrected chi connectivity index (χ3v) is 5.84. The molecule has 1 aliphatic rings. The number of benzene rings is 2. The number of hydrogen-bond acceptors (Lipinski definition) is 5. The number of ether oxygens (including phenoxy) is 1. The molecule has 0 spiro atoms. The lowest BCUT2D eigenvalue weighted by molar-refractivity contribution is -0.129. The second-order valence-electron chi connectivity index (χ2n) is 6.44. The maximum absolute atomic E-state index is 12.5. The van der Waals surface area contributed by atoms with E-state index in [4.69, 9.17) is 4.74 Å². The highest BCUT2D eigenvalue weighted by molar-refractivity contribution is 7.89. The molecule has 0 heterocycles. The van der Waals surface area contributed by atoms with E-state index < -0.39 is 22.1 Å². The van der Waals surface area contributed by atoms with Crippen LogP contribution in [0.1, 0.15) is 41.6 Å². The molecule has 1 aliphatic carbocycles. The molecule has 2 aromatic rings. The molecule has 3 rings (SSSR count). The quantitative estimate of drug-likeness (QED) is 0.770. The molecule has 0 saturated heterocycles. The second kappa shape index (κ2) is 8.45. The fraction of sp³-hybridized carbons (Fsp3) is 0.300. The number of ketones is 1. The summed E-state index contributed by atoms with van der Waals surface area (Å²) in [6.07, 6.45) is 1.84. The van der Waals surface area contributed by atoms with E-state index in [2.05, 4.69) is 4.72 Å². The second-order valence-corrected chi connectivity index (χ2v) is 8.21. The van der Waals surface area contributed by atoms with Crippen LogP contribution >= 0.6 is 0 Å². The number of sulfonamides is 1. The maximum Gasteiger partial charge on any atom is 0.338 e. The molecule has 0 radical (unpaired) electrons. The van der Waals surface area contributed by atoms with Gasteiger partial charge in [0.05, 0.1) is 10.5 Å². The predicted molar refractivity (Wildman–Crippen MR) is 99.6 cm³/mol. The van der Waals surface area contributed by atoms with E-state index in [-0.39, 0.29) is 22.8 Å². The summed E-state index contributed by atoms with van der Waals surface area (Å²) in [6, 6.07) is 14.8. The smallest absolute Gasteiger partial charge is 0.338 e. The molecule has 0 bridgehead atoms. The summed E-state index contributed by atoms with van der Waals surface area (Å²) in [4.78, 5) is 24.1. The Morgan fingerprint density at radius 1 is 1.07 bits per heavy atom. The lowest BCUT2D eigenvalue weighted by atomic mass is 9.96. The van der Waals surface area contributed by atoms with Crippen LogP contribution in [-0.2, 0) is 26.1 Å². The summed E-state index contributed by atoms with van der Waals surface area (Å²) in [5.74, 6) is -0.765. The van der Waals surface area contributed by atoms with Crippen molar-refractivity contribution >= 4 is 21.8 Å². The Balaban J connectivity index is 1.70. The Hall–Kier alpha value is -2.51. The average Bonchev–Trinajstić information content (AvgIpc) is 2.69. The molecule has 2 aromatic carbocycles. The Morgan fingerprint density at radius 3 is 2.59 bits per heavy atom. The standard InChI is InChI=1S/C20H21NO5S/c22-18-11-4-5-12-19(18)26-20(23)16-9-6-10-17(13-16)27(24,25)21-14-15-7-2-1-3-8-15/h1-3,6-10,13,19,21H,4-5,11-12,14H2/t19-/m0/s1. The van der Waals surface area contributed by atoms with Crippen molar-refractivity contribution in [2.45, 2.75) is 43.2 Å². The molecule has 1 fully saturated rings. The van der Waals surface area contributed by atoms with Gasteiger partial charge in [-0.15, -0.1) is 0 Å². The molecule has 1 saturated carbocycles. The van der Waals surface area contributed by atoms with Crippen molar-refractivity contribution < 1.29 is 22.7 Å². The summed E-state index contributed by atoms with van der Waals surface area (Å²) in [5, 5.41) is 0. The van der Waals surface area contributed by atoms with Gasteiger partial charge in [0.15, 0.2) is 11.9 Å². The third-order valence-electron chi connectivity index (χ3n) is 4.44. The van der Waals surface area contributed by atoms with E-state index in [0.29, 0.717) is 12.8 Å². The van der Waals surface area contributed by atoms with Gasteiger partial charge < -0.3 is 4.74 Å². The minimum atomic E-state index is -3.78. The average molecular weight is 387 g/mol. The zero-order chi connectivity index (χ0) is 19.3. The highest BCUT2D eigenvalue weighted by Gasteiger charge is 2.26. The molecule has 0 unspecified atom stereocenters.